The van der Waals surface area contributed by atoms with Crippen molar-refractivity contribution in [2.24, 2.45) is 5.92 Å². The lowest BCUT2D eigenvalue weighted by molar-refractivity contribution is 0.0485. The Morgan fingerprint density at radius 3 is 2.17 bits per heavy atom. The number of rotatable bonds is 6. The van der Waals surface area contributed by atoms with Gasteiger partial charge < -0.3 is 4.74 Å². The molecule has 122 valence electrons. The van der Waals surface area contributed by atoms with Crippen LogP contribution in [0.4, 0.5) is 0 Å². The number of carbonyl (C=O) groups excluding carboxylic acids is 1. The maximum absolute atomic E-state index is 12.0. The molecule has 1 atom stereocenters. The fraction of sp³-hybridized carbons (Fsp3) is 0.350. The van der Waals surface area contributed by atoms with Gasteiger partial charge in [0.25, 0.3) is 0 Å². The van der Waals surface area contributed by atoms with E-state index in [2.05, 4.69) is 45.0 Å². The zero-order valence-electron chi connectivity index (χ0n) is 13.9. The molecule has 0 amide bonds. The van der Waals surface area contributed by atoms with Crippen molar-refractivity contribution < 1.29 is 9.53 Å². The molecule has 0 saturated carbocycles. The maximum Gasteiger partial charge on any atom is 0.338 e. The van der Waals surface area contributed by atoms with Crippen LogP contribution in [0, 0.1) is 5.92 Å². The van der Waals surface area contributed by atoms with Crippen LogP contribution >= 0.6 is 11.6 Å². The van der Waals surface area contributed by atoms with E-state index in [1.165, 1.54) is 11.1 Å². The smallest absolute Gasteiger partial charge is 0.338 e. The molecule has 0 spiro atoms. The third kappa shape index (κ3) is 5.40. The highest BCUT2D eigenvalue weighted by Gasteiger charge is 2.11. The second-order valence-electron chi connectivity index (χ2n) is 6.35. The Bertz CT molecular complexity index is 630. The predicted octanol–water partition coefficient (Wildman–Crippen LogP) is 5.50. The minimum absolute atomic E-state index is 0.166. The van der Waals surface area contributed by atoms with Crippen LogP contribution in [0.2, 0.25) is 5.02 Å². The monoisotopic (exact) mass is 330 g/mol. The van der Waals surface area contributed by atoms with Gasteiger partial charge in [0, 0.05) is 10.9 Å². The van der Waals surface area contributed by atoms with E-state index in [9.17, 15) is 4.79 Å². The van der Waals surface area contributed by atoms with Gasteiger partial charge in [0.15, 0.2) is 0 Å². The Hall–Kier alpha value is -1.80. The number of hydrogen-bond donors (Lipinski definition) is 0. The summed E-state index contributed by atoms with van der Waals surface area (Å²) in [6.45, 7) is 6.86. The number of benzene rings is 2. The molecule has 0 aliphatic rings. The summed E-state index contributed by atoms with van der Waals surface area (Å²) in [5.74, 6) is 0.503. The molecule has 0 saturated heterocycles. The molecule has 2 rings (SSSR count). The zero-order valence-corrected chi connectivity index (χ0v) is 14.6. The largest absolute Gasteiger partial charge is 0.461 e. The Kier molecular flexibility index (Phi) is 6.23. The van der Waals surface area contributed by atoms with Crippen LogP contribution in [-0.2, 0) is 11.2 Å². The molecule has 0 N–H and O–H groups in total. The van der Waals surface area contributed by atoms with Crippen molar-refractivity contribution in [2.45, 2.75) is 33.1 Å². The van der Waals surface area contributed by atoms with Crippen molar-refractivity contribution in [1.29, 1.82) is 0 Å². The van der Waals surface area contributed by atoms with Gasteiger partial charge in [0.1, 0.15) is 0 Å². The topological polar surface area (TPSA) is 26.3 Å². The molecule has 23 heavy (non-hydrogen) atoms. The molecule has 2 nitrogen and oxygen atoms in total. The van der Waals surface area contributed by atoms with Crippen LogP contribution in [0.25, 0.3) is 0 Å². The Morgan fingerprint density at radius 1 is 1.00 bits per heavy atom. The minimum Gasteiger partial charge on any atom is -0.461 e. The molecule has 2 aromatic rings. The third-order valence-electron chi connectivity index (χ3n) is 3.74. The second kappa shape index (κ2) is 8.16. The molecule has 0 aromatic heterocycles. The van der Waals surface area contributed by atoms with Crippen LogP contribution < -0.4 is 0 Å². The maximum atomic E-state index is 12.0. The Balaban J connectivity index is 1.90. The first kappa shape index (κ1) is 17.6. The molecular weight excluding hydrogens is 308 g/mol. The summed E-state index contributed by atoms with van der Waals surface area (Å²) in [4.78, 5) is 12.0. The van der Waals surface area contributed by atoms with E-state index in [0.29, 0.717) is 23.1 Å². The highest BCUT2D eigenvalue weighted by atomic mass is 35.5. The molecule has 0 fully saturated rings. The molecule has 0 radical (unpaired) electrons. The van der Waals surface area contributed by atoms with Crippen LogP contribution in [0.1, 0.15) is 48.2 Å². The predicted molar refractivity (Wildman–Crippen MR) is 95.1 cm³/mol. The molecule has 0 bridgehead atoms. The first-order valence-electron chi connectivity index (χ1n) is 7.97. The quantitative estimate of drug-likeness (QED) is 0.654. The summed E-state index contributed by atoms with van der Waals surface area (Å²) in [7, 11) is 0. The first-order chi connectivity index (χ1) is 11.0. The number of esters is 1. The van der Waals surface area contributed by atoms with Gasteiger partial charge >= 0.3 is 5.97 Å². The highest BCUT2D eigenvalue weighted by Crippen LogP contribution is 2.19. The van der Waals surface area contributed by atoms with E-state index < -0.39 is 0 Å². The van der Waals surface area contributed by atoms with Crippen LogP contribution in [0.3, 0.4) is 0 Å². The zero-order chi connectivity index (χ0) is 16.8. The van der Waals surface area contributed by atoms with Gasteiger partial charge in [-0.1, -0.05) is 56.6 Å². The summed E-state index contributed by atoms with van der Waals surface area (Å²) in [5.41, 5.74) is 3.05. The van der Waals surface area contributed by atoms with E-state index in [0.717, 1.165) is 6.42 Å². The van der Waals surface area contributed by atoms with Crippen LogP contribution in [-0.4, -0.2) is 12.6 Å². The van der Waals surface area contributed by atoms with Crippen molar-refractivity contribution in [2.75, 3.05) is 6.61 Å². The summed E-state index contributed by atoms with van der Waals surface area (Å²) in [6, 6.07) is 15.3. The minimum atomic E-state index is -0.315. The summed E-state index contributed by atoms with van der Waals surface area (Å²) in [6.07, 6.45) is 1.08. The van der Waals surface area contributed by atoms with Gasteiger partial charge in [-0.15, -0.1) is 0 Å². The van der Waals surface area contributed by atoms with Gasteiger partial charge in [-0.3, -0.25) is 0 Å². The van der Waals surface area contributed by atoms with Gasteiger partial charge in [0.05, 0.1) is 12.2 Å². The summed E-state index contributed by atoms with van der Waals surface area (Å²) < 4.78 is 5.40. The fourth-order valence-electron chi connectivity index (χ4n) is 2.42. The van der Waals surface area contributed by atoms with E-state index in [1.807, 2.05) is 0 Å². The van der Waals surface area contributed by atoms with Crippen molar-refractivity contribution in [1.82, 2.24) is 0 Å². The number of ether oxygens (including phenoxy) is 1. The van der Waals surface area contributed by atoms with E-state index in [-0.39, 0.29) is 11.9 Å². The number of carbonyl (C=O) groups is 1. The van der Waals surface area contributed by atoms with Crippen LogP contribution in [0.5, 0.6) is 0 Å². The molecule has 0 heterocycles. The highest BCUT2D eigenvalue weighted by molar-refractivity contribution is 6.30. The van der Waals surface area contributed by atoms with Gasteiger partial charge in [0.2, 0.25) is 0 Å². The average Bonchev–Trinajstić information content (AvgIpc) is 2.53. The van der Waals surface area contributed by atoms with E-state index in [4.69, 9.17) is 16.3 Å². The van der Waals surface area contributed by atoms with Crippen molar-refractivity contribution in [3.63, 3.8) is 0 Å². The number of halogens is 1. The number of hydrogen-bond acceptors (Lipinski definition) is 2. The Labute approximate surface area is 143 Å². The molecule has 0 aliphatic heterocycles. The fourth-order valence-corrected chi connectivity index (χ4v) is 2.55. The third-order valence-corrected chi connectivity index (χ3v) is 3.99. The van der Waals surface area contributed by atoms with E-state index in [1.54, 1.807) is 24.3 Å². The van der Waals surface area contributed by atoms with Gasteiger partial charge in [-0.25, -0.2) is 4.79 Å². The normalized spacial score (nSPS) is 12.2. The standard InChI is InChI=1S/C20H23ClO2/c1-14(2)12-16-4-6-17(7-5-16)15(3)13-23-20(22)18-8-10-19(21)11-9-18/h4-11,14-15H,12-13H2,1-3H3. The summed E-state index contributed by atoms with van der Waals surface area (Å²) >= 11 is 5.82. The lowest BCUT2D eigenvalue weighted by atomic mass is 9.97. The van der Waals surface area contributed by atoms with Crippen molar-refractivity contribution in [3.8, 4) is 0 Å². The molecule has 2 aromatic carbocycles. The lowest BCUT2D eigenvalue weighted by Gasteiger charge is -2.14. The van der Waals surface area contributed by atoms with Gasteiger partial charge in [-0.05, 0) is 47.7 Å². The SMILES string of the molecule is CC(C)Cc1ccc(C(C)COC(=O)c2ccc(Cl)cc2)cc1. The average molecular weight is 331 g/mol. The van der Waals surface area contributed by atoms with Crippen LogP contribution in [0.15, 0.2) is 48.5 Å². The Morgan fingerprint density at radius 2 is 1.61 bits per heavy atom. The summed E-state index contributed by atoms with van der Waals surface area (Å²) in [5, 5.41) is 0.608. The molecule has 1 unspecified atom stereocenters. The second-order valence-corrected chi connectivity index (χ2v) is 6.78. The van der Waals surface area contributed by atoms with E-state index >= 15 is 0 Å². The van der Waals surface area contributed by atoms with Crippen molar-refractivity contribution >= 4 is 17.6 Å². The molecule has 0 aliphatic carbocycles. The first-order valence-corrected chi connectivity index (χ1v) is 8.35. The van der Waals surface area contributed by atoms with Crippen molar-refractivity contribution in [3.05, 3.63) is 70.2 Å². The molecular formula is C20H23ClO2. The van der Waals surface area contributed by atoms with Gasteiger partial charge in [-0.2, -0.15) is 0 Å². The lowest BCUT2D eigenvalue weighted by Crippen LogP contribution is -2.11. The molecule has 3 heteroatoms.